The highest BCUT2D eigenvalue weighted by atomic mass is 16.6. The Hall–Kier alpha value is -5.93. The molecule has 0 N–H and O–H groups in total. The minimum absolute atomic E-state index is 0.499. The molecule has 0 fully saturated rings. The van der Waals surface area contributed by atoms with Crippen LogP contribution in [0.1, 0.15) is 22.3 Å². The SMILES string of the molecule is c1ccc(-c2ccc(-c3ccc4c(c3)C3(c5ccccc5-c5ccccc53)c3cc5c(cc3-4)Oc3ccccc3O5)cn2)cc1. The van der Waals surface area contributed by atoms with Crippen LogP contribution in [0.5, 0.6) is 23.0 Å². The van der Waals surface area contributed by atoms with Crippen LogP contribution in [0.2, 0.25) is 0 Å². The Bertz CT molecular complexity index is 2280. The number of rotatable bonds is 2. The maximum absolute atomic E-state index is 6.49. The van der Waals surface area contributed by atoms with E-state index in [-0.39, 0.29) is 0 Å². The summed E-state index contributed by atoms with van der Waals surface area (Å²) in [6.07, 6.45) is 1.99. The Morgan fingerprint density at radius 1 is 0.378 bits per heavy atom. The molecule has 3 nitrogen and oxygen atoms in total. The van der Waals surface area contributed by atoms with Gasteiger partial charge in [0.15, 0.2) is 23.0 Å². The molecular weight excluding hydrogens is 550 g/mol. The second-order valence-corrected chi connectivity index (χ2v) is 11.9. The van der Waals surface area contributed by atoms with Gasteiger partial charge in [-0.15, -0.1) is 0 Å². The second kappa shape index (κ2) is 9.04. The fourth-order valence-electron chi connectivity index (χ4n) is 7.68. The maximum Gasteiger partial charge on any atom is 0.170 e. The number of ether oxygens (including phenoxy) is 2. The van der Waals surface area contributed by atoms with Gasteiger partial charge in [0.25, 0.3) is 0 Å². The molecule has 2 heterocycles. The molecule has 0 radical (unpaired) electrons. The maximum atomic E-state index is 6.49. The monoisotopic (exact) mass is 575 g/mol. The minimum atomic E-state index is -0.499. The molecule has 7 aromatic rings. The number of benzene rings is 6. The molecule has 3 heteroatoms. The van der Waals surface area contributed by atoms with Gasteiger partial charge in [-0.3, -0.25) is 4.98 Å². The van der Waals surface area contributed by atoms with Crippen molar-refractivity contribution in [3.05, 3.63) is 174 Å². The van der Waals surface area contributed by atoms with E-state index in [1.54, 1.807) is 0 Å². The lowest BCUT2D eigenvalue weighted by atomic mass is 9.70. The van der Waals surface area contributed by atoms with Crippen LogP contribution in [0.4, 0.5) is 0 Å². The zero-order valence-electron chi connectivity index (χ0n) is 24.2. The number of pyridine rings is 1. The average Bonchev–Trinajstić information content (AvgIpc) is 3.56. The molecule has 2 aliphatic carbocycles. The number of para-hydroxylation sites is 2. The number of fused-ring (bicyclic) bond motifs is 12. The van der Waals surface area contributed by atoms with Crippen molar-refractivity contribution in [3.8, 4) is 67.6 Å². The van der Waals surface area contributed by atoms with Crippen molar-refractivity contribution in [2.24, 2.45) is 0 Å². The molecule has 0 unspecified atom stereocenters. The highest BCUT2D eigenvalue weighted by Gasteiger charge is 2.52. The van der Waals surface area contributed by atoms with E-state index in [0.717, 1.165) is 45.4 Å². The lowest BCUT2D eigenvalue weighted by molar-refractivity contribution is 0.359. The van der Waals surface area contributed by atoms with E-state index in [1.807, 2.05) is 48.7 Å². The normalized spacial score (nSPS) is 13.9. The Balaban J connectivity index is 1.22. The fraction of sp³-hybridized carbons (Fsp3) is 0.0238. The van der Waals surface area contributed by atoms with Gasteiger partial charge < -0.3 is 9.47 Å². The number of hydrogen-bond acceptors (Lipinski definition) is 3. The van der Waals surface area contributed by atoms with Crippen LogP contribution in [0, 0.1) is 0 Å². The summed E-state index contributed by atoms with van der Waals surface area (Å²) in [5.74, 6) is 2.94. The van der Waals surface area contributed by atoms with Gasteiger partial charge in [-0.25, -0.2) is 0 Å². The van der Waals surface area contributed by atoms with Gasteiger partial charge in [0.05, 0.1) is 11.1 Å². The highest BCUT2D eigenvalue weighted by molar-refractivity contribution is 5.96. The van der Waals surface area contributed by atoms with E-state index in [9.17, 15) is 0 Å². The molecule has 0 bridgehead atoms. The largest absolute Gasteiger partial charge is 0.450 e. The van der Waals surface area contributed by atoms with Crippen LogP contribution in [0.3, 0.4) is 0 Å². The first-order valence-electron chi connectivity index (χ1n) is 15.3. The first-order valence-corrected chi connectivity index (χ1v) is 15.3. The molecule has 1 aromatic heterocycles. The van der Waals surface area contributed by atoms with Crippen LogP contribution in [-0.2, 0) is 5.41 Å². The zero-order chi connectivity index (χ0) is 29.5. The summed E-state index contributed by atoms with van der Waals surface area (Å²) in [5.41, 5.74) is 13.8. The Morgan fingerprint density at radius 3 is 1.64 bits per heavy atom. The lowest BCUT2D eigenvalue weighted by Gasteiger charge is -2.31. The Labute approximate surface area is 261 Å². The van der Waals surface area contributed by atoms with Gasteiger partial charge in [0, 0.05) is 17.3 Å². The lowest BCUT2D eigenvalue weighted by Crippen LogP contribution is -2.26. The summed E-state index contributed by atoms with van der Waals surface area (Å²) in [5, 5.41) is 0. The van der Waals surface area contributed by atoms with Crippen molar-refractivity contribution in [2.75, 3.05) is 0 Å². The van der Waals surface area contributed by atoms with Gasteiger partial charge in [0.2, 0.25) is 0 Å². The Kier molecular flexibility index (Phi) is 4.92. The van der Waals surface area contributed by atoms with Gasteiger partial charge in [-0.1, -0.05) is 109 Å². The third-order valence-electron chi connectivity index (χ3n) is 9.61. The predicted molar refractivity (Wildman–Crippen MR) is 178 cm³/mol. The van der Waals surface area contributed by atoms with Crippen molar-refractivity contribution in [3.63, 3.8) is 0 Å². The third-order valence-corrected chi connectivity index (χ3v) is 9.61. The predicted octanol–water partition coefficient (Wildman–Crippen LogP) is 10.7. The number of hydrogen-bond donors (Lipinski definition) is 0. The molecule has 6 aromatic carbocycles. The van der Waals surface area contributed by atoms with Gasteiger partial charge in [-0.2, -0.15) is 0 Å². The van der Waals surface area contributed by atoms with Crippen LogP contribution in [0.25, 0.3) is 44.6 Å². The first kappa shape index (κ1) is 24.5. The van der Waals surface area contributed by atoms with E-state index in [4.69, 9.17) is 14.5 Å². The quantitative estimate of drug-likeness (QED) is 0.205. The molecule has 0 saturated heterocycles. The number of aromatic nitrogens is 1. The molecule has 0 atom stereocenters. The summed E-state index contributed by atoms with van der Waals surface area (Å²) in [6, 6.07) is 51.4. The zero-order valence-corrected chi connectivity index (χ0v) is 24.2. The van der Waals surface area contributed by atoms with Crippen LogP contribution in [0.15, 0.2) is 152 Å². The smallest absolute Gasteiger partial charge is 0.170 e. The molecule has 210 valence electrons. The highest BCUT2D eigenvalue weighted by Crippen LogP contribution is 2.65. The standard InChI is InChI=1S/C42H25NO2/c1-2-10-26(11-3-1)37-21-19-28(25-43-37)27-18-20-31-32-23-40-41(45-39-17-9-8-16-38(39)44-40)24-36(32)42(35(31)22-27)33-14-6-4-12-29(33)30-13-5-7-15-34(30)42/h1-25H. The molecule has 0 saturated carbocycles. The number of nitrogens with zero attached hydrogens (tertiary/aromatic N) is 1. The van der Waals surface area contributed by atoms with E-state index in [0.29, 0.717) is 0 Å². The van der Waals surface area contributed by atoms with Crippen LogP contribution in [-0.4, -0.2) is 4.98 Å². The van der Waals surface area contributed by atoms with Gasteiger partial charge in [0.1, 0.15) is 0 Å². The molecular formula is C42H25NO2. The van der Waals surface area contributed by atoms with E-state index in [2.05, 4.69) is 103 Å². The van der Waals surface area contributed by atoms with E-state index < -0.39 is 5.41 Å². The fourth-order valence-corrected chi connectivity index (χ4v) is 7.68. The van der Waals surface area contributed by atoms with Crippen molar-refractivity contribution >= 4 is 0 Å². The van der Waals surface area contributed by atoms with Crippen molar-refractivity contribution in [1.82, 2.24) is 4.98 Å². The van der Waals surface area contributed by atoms with Gasteiger partial charge in [-0.05, 0) is 86.5 Å². The van der Waals surface area contributed by atoms with Crippen LogP contribution < -0.4 is 9.47 Å². The van der Waals surface area contributed by atoms with E-state index in [1.165, 1.54) is 44.5 Å². The molecule has 1 aliphatic heterocycles. The second-order valence-electron chi connectivity index (χ2n) is 11.9. The third kappa shape index (κ3) is 3.32. The molecule has 0 amide bonds. The van der Waals surface area contributed by atoms with Crippen molar-refractivity contribution < 1.29 is 9.47 Å². The first-order chi connectivity index (χ1) is 22.3. The summed E-state index contributed by atoms with van der Waals surface area (Å²) >= 11 is 0. The topological polar surface area (TPSA) is 31.4 Å². The van der Waals surface area contributed by atoms with Gasteiger partial charge >= 0.3 is 0 Å². The summed E-state index contributed by atoms with van der Waals surface area (Å²) in [6.45, 7) is 0. The van der Waals surface area contributed by atoms with Crippen LogP contribution >= 0.6 is 0 Å². The molecule has 10 rings (SSSR count). The average molecular weight is 576 g/mol. The Morgan fingerprint density at radius 2 is 0.956 bits per heavy atom. The summed E-state index contributed by atoms with van der Waals surface area (Å²) in [4.78, 5) is 4.86. The molecule has 1 spiro atoms. The van der Waals surface area contributed by atoms with E-state index >= 15 is 0 Å². The van der Waals surface area contributed by atoms with Crippen molar-refractivity contribution in [2.45, 2.75) is 5.41 Å². The molecule has 45 heavy (non-hydrogen) atoms. The van der Waals surface area contributed by atoms with Crippen molar-refractivity contribution in [1.29, 1.82) is 0 Å². The summed E-state index contributed by atoms with van der Waals surface area (Å²) in [7, 11) is 0. The molecule has 3 aliphatic rings. The summed E-state index contributed by atoms with van der Waals surface area (Å²) < 4.78 is 12.9. The minimum Gasteiger partial charge on any atom is -0.450 e.